The average Bonchev–Trinajstić information content (AvgIpc) is 2.86. The molecule has 1 aromatic carbocycles. The monoisotopic (exact) mass is 261 g/mol. The van der Waals surface area contributed by atoms with E-state index in [-0.39, 0.29) is 6.10 Å². The van der Waals surface area contributed by atoms with Crippen molar-refractivity contribution in [2.45, 2.75) is 39.7 Å². The Kier molecular flexibility index (Phi) is 5.41. The second-order valence-electron chi connectivity index (χ2n) is 5.94. The molecule has 0 radical (unpaired) electrons. The summed E-state index contributed by atoms with van der Waals surface area (Å²) in [5.74, 6) is 1.33. The van der Waals surface area contributed by atoms with Gasteiger partial charge >= 0.3 is 0 Å². The molecule has 2 nitrogen and oxygen atoms in total. The third-order valence-electron chi connectivity index (χ3n) is 3.92. The largest absolute Gasteiger partial charge is 0.373 e. The standard InChI is InChI=1S/C17H27NO/c1-4-14-7-5-6-8-16(14)17-15(9-10-19-17)12-18-11-13(2)3/h5-8,13,15,17-18H,4,9-12H2,1-3H3. The number of ether oxygens (including phenoxy) is 1. The van der Waals surface area contributed by atoms with Gasteiger partial charge in [0.2, 0.25) is 0 Å². The highest BCUT2D eigenvalue weighted by Crippen LogP contribution is 2.35. The average molecular weight is 261 g/mol. The topological polar surface area (TPSA) is 21.3 Å². The summed E-state index contributed by atoms with van der Waals surface area (Å²) in [6.45, 7) is 9.79. The van der Waals surface area contributed by atoms with Crippen molar-refractivity contribution in [3.05, 3.63) is 35.4 Å². The number of benzene rings is 1. The van der Waals surface area contributed by atoms with E-state index in [1.165, 1.54) is 17.5 Å². The highest BCUT2D eigenvalue weighted by Gasteiger charge is 2.30. The van der Waals surface area contributed by atoms with Gasteiger partial charge in [-0.2, -0.15) is 0 Å². The molecule has 0 saturated carbocycles. The van der Waals surface area contributed by atoms with Crippen molar-refractivity contribution >= 4 is 0 Å². The molecule has 1 saturated heterocycles. The summed E-state index contributed by atoms with van der Waals surface area (Å²) >= 11 is 0. The van der Waals surface area contributed by atoms with Crippen molar-refractivity contribution in [2.24, 2.45) is 11.8 Å². The fourth-order valence-corrected chi connectivity index (χ4v) is 2.88. The van der Waals surface area contributed by atoms with E-state index < -0.39 is 0 Å². The van der Waals surface area contributed by atoms with Crippen LogP contribution >= 0.6 is 0 Å². The lowest BCUT2D eigenvalue weighted by Crippen LogP contribution is -2.28. The summed E-state index contributed by atoms with van der Waals surface area (Å²) in [7, 11) is 0. The predicted molar refractivity (Wildman–Crippen MR) is 80.3 cm³/mol. The van der Waals surface area contributed by atoms with Crippen molar-refractivity contribution in [1.29, 1.82) is 0 Å². The van der Waals surface area contributed by atoms with Gasteiger partial charge in [-0.3, -0.25) is 0 Å². The van der Waals surface area contributed by atoms with Crippen LogP contribution in [0.1, 0.15) is 44.4 Å². The first-order chi connectivity index (χ1) is 9.22. The van der Waals surface area contributed by atoms with Gasteiger partial charge < -0.3 is 10.1 Å². The van der Waals surface area contributed by atoms with Crippen LogP contribution in [0.2, 0.25) is 0 Å². The molecule has 1 fully saturated rings. The first-order valence-corrected chi connectivity index (χ1v) is 7.62. The Balaban J connectivity index is 2.01. The van der Waals surface area contributed by atoms with Gasteiger partial charge in [0.1, 0.15) is 0 Å². The molecule has 1 aliphatic heterocycles. The van der Waals surface area contributed by atoms with Gasteiger partial charge in [-0.05, 0) is 36.4 Å². The molecule has 0 amide bonds. The highest BCUT2D eigenvalue weighted by atomic mass is 16.5. The van der Waals surface area contributed by atoms with Gasteiger partial charge in [0.05, 0.1) is 6.10 Å². The number of rotatable bonds is 6. The molecule has 106 valence electrons. The van der Waals surface area contributed by atoms with Gasteiger partial charge in [-0.25, -0.2) is 0 Å². The van der Waals surface area contributed by atoms with E-state index in [0.717, 1.165) is 26.1 Å². The lowest BCUT2D eigenvalue weighted by molar-refractivity contribution is 0.0897. The first-order valence-electron chi connectivity index (χ1n) is 7.62. The Labute approximate surface area is 117 Å². The third-order valence-corrected chi connectivity index (χ3v) is 3.92. The molecule has 2 rings (SSSR count). The van der Waals surface area contributed by atoms with Gasteiger partial charge in [0.25, 0.3) is 0 Å². The number of aryl methyl sites for hydroxylation is 1. The van der Waals surface area contributed by atoms with Crippen LogP contribution in [0.15, 0.2) is 24.3 Å². The number of hydrogen-bond acceptors (Lipinski definition) is 2. The lowest BCUT2D eigenvalue weighted by atomic mass is 9.91. The number of hydrogen-bond donors (Lipinski definition) is 1. The van der Waals surface area contributed by atoms with Crippen LogP contribution in [0.5, 0.6) is 0 Å². The maximum atomic E-state index is 6.01. The Morgan fingerprint density at radius 3 is 2.84 bits per heavy atom. The second-order valence-corrected chi connectivity index (χ2v) is 5.94. The van der Waals surface area contributed by atoms with Gasteiger partial charge in [0.15, 0.2) is 0 Å². The molecule has 19 heavy (non-hydrogen) atoms. The minimum absolute atomic E-state index is 0.288. The van der Waals surface area contributed by atoms with Crippen LogP contribution in [0, 0.1) is 11.8 Å². The van der Waals surface area contributed by atoms with Gasteiger partial charge in [-0.15, -0.1) is 0 Å². The van der Waals surface area contributed by atoms with E-state index in [2.05, 4.69) is 50.4 Å². The van der Waals surface area contributed by atoms with Crippen molar-refractivity contribution in [3.8, 4) is 0 Å². The molecule has 0 bridgehead atoms. The molecular formula is C17H27NO. The molecule has 0 aromatic heterocycles. The highest BCUT2D eigenvalue weighted by molar-refractivity contribution is 5.30. The van der Waals surface area contributed by atoms with E-state index in [9.17, 15) is 0 Å². The molecule has 0 spiro atoms. The molecule has 2 atom stereocenters. The molecule has 1 heterocycles. The normalized spacial score (nSPS) is 23.2. The Morgan fingerprint density at radius 1 is 1.32 bits per heavy atom. The van der Waals surface area contributed by atoms with Crippen molar-refractivity contribution in [1.82, 2.24) is 5.32 Å². The molecule has 1 N–H and O–H groups in total. The van der Waals surface area contributed by atoms with Crippen LogP contribution in [0.4, 0.5) is 0 Å². The molecule has 2 unspecified atom stereocenters. The second kappa shape index (κ2) is 7.06. The van der Waals surface area contributed by atoms with Crippen molar-refractivity contribution < 1.29 is 4.74 Å². The maximum Gasteiger partial charge on any atom is 0.0868 e. The summed E-state index contributed by atoms with van der Waals surface area (Å²) in [5, 5.41) is 3.58. The summed E-state index contributed by atoms with van der Waals surface area (Å²) < 4.78 is 6.01. The predicted octanol–water partition coefficient (Wildman–Crippen LogP) is 3.57. The summed E-state index contributed by atoms with van der Waals surface area (Å²) in [5.41, 5.74) is 2.84. The zero-order chi connectivity index (χ0) is 13.7. The van der Waals surface area contributed by atoms with Crippen LogP contribution in [-0.4, -0.2) is 19.7 Å². The maximum absolute atomic E-state index is 6.01. The van der Waals surface area contributed by atoms with E-state index in [4.69, 9.17) is 4.74 Å². The van der Waals surface area contributed by atoms with E-state index in [1.807, 2.05) is 0 Å². The first kappa shape index (κ1) is 14.5. The molecular weight excluding hydrogens is 234 g/mol. The lowest BCUT2D eigenvalue weighted by Gasteiger charge is -2.22. The van der Waals surface area contributed by atoms with E-state index >= 15 is 0 Å². The van der Waals surface area contributed by atoms with Crippen LogP contribution in [-0.2, 0) is 11.2 Å². The number of nitrogens with one attached hydrogen (secondary N) is 1. The van der Waals surface area contributed by atoms with E-state index in [1.54, 1.807) is 0 Å². The Bertz CT molecular complexity index is 389. The quantitative estimate of drug-likeness (QED) is 0.845. The minimum Gasteiger partial charge on any atom is -0.373 e. The summed E-state index contributed by atoms with van der Waals surface area (Å²) in [4.78, 5) is 0. The smallest absolute Gasteiger partial charge is 0.0868 e. The van der Waals surface area contributed by atoms with Gasteiger partial charge in [-0.1, -0.05) is 45.0 Å². The molecule has 0 aliphatic carbocycles. The molecule has 1 aliphatic rings. The van der Waals surface area contributed by atoms with Crippen LogP contribution in [0.3, 0.4) is 0 Å². The van der Waals surface area contributed by atoms with E-state index in [0.29, 0.717) is 11.8 Å². The fraction of sp³-hybridized carbons (Fsp3) is 0.647. The molecule has 2 heteroatoms. The van der Waals surface area contributed by atoms with Crippen molar-refractivity contribution in [3.63, 3.8) is 0 Å². The van der Waals surface area contributed by atoms with Crippen molar-refractivity contribution in [2.75, 3.05) is 19.7 Å². The SMILES string of the molecule is CCc1ccccc1C1OCCC1CNCC(C)C. The molecule has 1 aromatic rings. The van der Waals surface area contributed by atoms with Crippen LogP contribution in [0.25, 0.3) is 0 Å². The Morgan fingerprint density at radius 2 is 2.11 bits per heavy atom. The zero-order valence-corrected chi connectivity index (χ0v) is 12.5. The fourth-order valence-electron chi connectivity index (χ4n) is 2.88. The van der Waals surface area contributed by atoms with Gasteiger partial charge in [0, 0.05) is 19.1 Å². The zero-order valence-electron chi connectivity index (χ0n) is 12.5. The Hall–Kier alpha value is -0.860. The third kappa shape index (κ3) is 3.80. The minimum atomic E-state index is 0.288. The summed E-state index contributed by atoms with van der Waals surface area (Å²) in [6.07, 6.45) is 2.55. The summed E-state index contributed by atoms with van der Waals surface area (Å²) in [6, 6.07) is 8.73. The van der Waals surface area contributed by atoms with Crippen LogP contribution < -0.4 is 5.32 Å².